The van der Waals surface area contributed by atoms with Crippen LogP contribution in [0.5, 0.6) is 0 Å². The third-order valence-corrected chi connectivity index (χ3v) is 2.76. The number of anilines is 1. The number of para-hydroxylation sites is 1. The van der Waals surface area contributed by atoms with Crippen LogP contribution in [-0.4, -0.2) is 10.5 Å². The molecule has 0 saturated carbocycles. The molecule has 0 bridgehead atoms. The molecule has 1 aromatic carbocycles. The van der Waals surface area contributed by atoms with Gasteiger partial charge in [-0.1, -0.05) is 18.2 Å². The first kappa shape index (κ1) is 12.1. The number of aromatic nitrogens is 1. The minimum Gasteiger partial charge on any atom is -0.322 e. The quantitative estimate of drug-likeness (QED) is 0.875. The maximum atomic E-state index is 12.0. The molecule has 0 spiro atoms. The molecule has 2 rings (SSSR count). The summed E-state index contributed by atoms with van der Waals surface area (Å²) in [4.78, 5) is 23.4. The normalized spacial score (nSPS) is 10.1. The van der Waals surface area contributed by atoms with E-state index in [0.29, 0.717) is 5.56 Å². The standard InChI is InChI=1S/C14H14N2O2/c1-10-5-3-4-6-12(10)15-14(18)11-7-8-16(2)13(17)9-11/h3-9H,1-2H3,(H,15,18). The van der Waals surface area contributed by atoms with Crippen molar-refractivity contribution in [1.82, 2.24) is 4.57 Å². The van der Waals surface area contributed by atoms with Crippen molar-refractivity contribution in [2.45, 2.75) is 6.92 Å². The number of hydrogen-bond acceptors (Lipinski definition) is 2. The van der Waals surface area contributed by atoms with Crippen LogP contribution in [-0.2, 0) is 7.05 Å². The number of pyridine rings is 1. The molecule has 0 saturated heterocycles. The minimum absolute atomic E-state index is 0.201. The van der Waals surface area contributed by atoms with Crippen molar-refractivity contribution in [2.24, 2.45) is 7.05 Å². The van der Waals surface area contributed by atoms with Crippen LogP contribution in [0.25, 0.3) is 0 Å². The number of benzene rings is 1. The molecule has 18 heavy (non-hydrogen) atoms. The lowest BCUT2D eigenvalue weighted by atomic mass is 10.2. The van der Waals surface area contributed by atoms with Gasteiger partial charge >= 0.3 is 0 Å². The van der Waals surface area contributed by atoms with Crippen molar-refractivity contribution in [2.75, 3.05) is 5.32 Å². The van der Waals surface area contributed by atoms with Crippen molar-refractivity contribution in [3.63, 3.8) is 0 Å². The predicted octanol–water partition coefficient (Wildman–Crippen LogP) is 1.95. The van der Waals surface area contributed by atoms with E-state index in [2.05, 4.69) is 5.32 Å². The number of rotatable bonds is 2. The van der Waals surface area contributed by atoms with E-state index in [1.165, 1.54) is 10.6 Å². The van der Waals surface area contributed by atoms with Crippen LogP contribution >= 0.6 is 0 Å². The van der Waals surface area contributed by atoms with Crippen molar-refractivity contribution < 1.29 is 4.79 Å². The van der Waals surface area contributed by atoms with E-state index in [4.69, 9.17) is 0 Å². The van der Waals surface area contributed by atoms with Gasteiger partial charge in [0.2, 0.25) is 0 Å². The molecule has 1 aromatic heterocycles. The van der Waals surface area contributed by atoms with Gasteiger partial charge in [0.15, 0.2) is 0 Å². The number of carbonyl (C=O) groups excluding carboxylic acids is 1. The molecule has 0 radical (unpaired) electrons. The Labute approximate surface area is 105 Å². The zero-order valence-electron chi connectivity index (χ0n) is 10.3. The molecule has 0 fully saturated rings. The number of aryl methyl sites for hydroxylation is 2. The Morgan fingerprint density at radius 2 is 1.94 bits per heavy atom. The Morgan fingerprint density at radius 1 is 1.22 bits per heavy atom. The van der Waals surface area contributed by atoms with E-state index in [-0.39, 0.29) is 11.5 Å². The zero-order chi connectivity index (χ0) is 13.1. The smallest absolute Gasteiger partial charge is 0.255 e. The molecule has 0 aliphatic carbocycles. The van der Waals surface area contributed by atoms with Crippen LogP contribution in [0.15, 0.2) is 47.4 Å². The SMILES string of the molecule is Cc1ccccc1NC(=O)c1ccn(C)c(=O)c1. The third-order valence-electron chi connectivity index (χ3n) is 2.76. The number of nitrogens with zero attached hydrogens (tertiary/aromatic N) is 1. The Kier molecular flexibility index (Phi) is 3.28. The Balaban J connectivity index is 2.25. The fraction of sp³-hybridized carbons (Fsp3) is 0.143. The molecular formula is C14H14N2O2. The summed E-state index contributed by atoms with van der Waals surface area (Å²) in [6, 6.07) is 10.5. The van der Waals surface area contributed by atoms with Gasteiger partial charge in [0, 0.05) is 30.6 Å². The van der Waals surface area contributed by atoms with E-state index >= 15 is 0 Å². The van der Waals surface area contributed by atoms with E-state index in [9.17, 15) is 9.59 Å². The highest BCUT2D eigenvalue weighted by molar-refractivity contribution is 6.04. The predicted molar refractivity (Wildman–Crippen MR) is 70.8 cm³/mol. The van der Waals surface area contributed by atoms with Gasteiger partial charge in [0.25, 0.3) is 11.5 Å². The van der Waals surface area contributed by atoms with Gasteiger partial charge in [-0.15, -0.1) is 0 Å². The maximum absolute atomic E-state index is 12.0. The number of carbonyl (C=O) groups is 1. The first-order valence-electron chi connectivity index (χ1n) is 5.61. The average Bonchev–Trinajstić information content (AvgIpc) is 2.35. The number of hydrogen-bond donors (Lipinski definition) is 1. The van der Waals surface area contributed by atoms with Crippen LogP contribution in [0.2, 0.25) is 0 Å². The van der Waals surface area contributed by atoms with Crippen LogP contribution in [0.4, 0.5) is 5.69 Å². The molecule has 4 heteroatoms. The molecule has 1 N–H and O–H groups in total. The first-order valence-corrected chi connectivity index (χ1v) is 5.61. The van der Waals surface area contributed by atoms with Gasteiger partial charge < -0.3 is 9.88 Å². The van der Waals surface area contributed by atoms with Gasteiger partial charge in [0.1, 0.15) is 0 Å². The third kappa shape index (κ3) is 2.48. The lowest BCUT2D eigenvalue weighted by molar-refractivity contribution is 0.102. The van der Waals surface area contributed by atoms with Crippen molar-refractivity contribution in [3.8, 4) is 0 Å². The Hall–Kier alpha value is -2.36. The highest BCUT2D eigenvalue weighted by atomic mass is 16.2. The second-order valence-corrected chi connectivity index (χ2v) is 4.13. The molecular weight excluding hydrogens is 228 g/mol. The molecule has 92 valence electrons. The maximum Gasteiger partial charge on any atom is 0.255 e. The molecule has 0 atom stereocenters. The van der Waals surface area contributed by atoms with E-state index in [0.717, 1.165) is 11.3 Å². The molecule has 0 aliphatic rings. The summed E-state index contributed by atoms with van der Waals surface area (Å²) in [6.45, 7) is 1.92. The minimum atomic E-state index is -0.276. The van der Waals surface area contributed by atoms with Gasteiger partial charge in [-0.05, 0) is 24.6 Å². The highest BCUT2D eigenvalue weighted by Gasteiger charge is 2.08. The molecule has 0 unspecified atom stereocenters. The van der Waals surface area contributed by atoms with Crippen molar-refractivity contribution >= 4 is 11.6 Å². The summed E-state index contributed by atoms with van der Waals surface area (Å²) in [5.41, 5.74) is 1.90. The van der Waals surface area contributed by atoms with Crippen LogP contribution < -0.4 is 10.9 Å². The highest BCUT2D eigenvalue weighted by Crippen LogP contribution is 2.14. The topological polar surface area (TPSA) is 51.1 Å². The molecule has 1 amide bonds. The number of amides is 1. The van der Waals surface area contributed by atoms with Gasteiger partial charge in [-0.25, -0.2) is 0 Å². The molecule has 1 heterocycles. The van der Waals surface area contributed by atoms with E-state index < -0.39 is 0 Å². The van der Waals surface area contributed by atoms with Crippen LogP contribution in [0.1, 0.15) is 15.9 Å². The summed E-state index contributed by atoms with van der Waals surface area (Å²) in [5.74, 6) is -0.276. The number of nitrogens with one attached hydrogen (secondary N) is 1. The van der Waals surface area contributed by atoms with E-state index in [1.807, 2.05) is 31.2 Å². The lowest BCUT2D eigenvalue weighted by Crippen LogP contribution is -2.20. The summed E-state index contributed by atoms with van der Waals surface area (Å²) >= 11 is 0. The fourth-order valence-electron chi connectivity index (χ4n) is 1.60. The van der Waals surface area contributed by atoms with Crippen LogP contribution in [0, 0.1) is 6.92 Å². The lowest BCUT2D eigenvalue weighted by Gasteiger charge is -2.08. The average molecular weight is 242 g/mol. The summed E-state index contributed by atoms with van der Waals surface area (Å²) in [7, 11) is 1.64. The molecule has 0 aliphatic heterocycles. The fourth-order valence-corrected chi connectivity index (χ4v) is 1.60. The second-order valence-electron chi connectivity index (χ2n) is 4.13. The summed E-state index contributed by atoms with van der Waals surface area (Å²) in [5, 5.41) is 2.79. The Bertz CT molecular complexity index is 644. The summed E-state index contributed by atoms with van der Waals surface area (Å²) < 4.78 is 1.42. The zero-order valence-corrected chi connectivity index (χ0v) is 10.3. The molecule has 4 nitrogen and oxygen atoms in total. The largest absolute Gasteiger partial charge is 0.322 e. The first-order chi connectivity index (χ1) is 8.58. The second kappa shape index (κ2) is 4.87. The van der Waals surface area contributed by atoms with Crippen LogP contribution in [0.3, 0.4) is 0 Å². The van der Waals surface area contributed by atoms with Crippen molar-refractivity contribution in [1.29, 1.82) is 0 Å². The van der Waals surface area contributed by atoms with E-state index in [1.54, 1.807) is 19.3 Å². The summed E-state index contributed by atoms with van der Waals surface area (Å²) in [6.07, 6.45) is 1.58. The van der Waals surface area contributed by atoms with Gasteiger partial charge in [-0.3, -0.25) is 9.59 Å². The van der Waals surface area contributed by atoms with Gasteiger partial charge in [0.05, 0.1) is 0 Å². The monoisotopic (exact) mass is 242 g/mol. The Morgan fingerprint density at radius 3 is 2.61 bits per heavy atom. The molecule has 2 aromatic rings. The van der Waals surface area contributed by atoms with Gasteiger partial charge in [-0.2, -0.15) is 0 Å². The van der Waals surface area contributed by atoms with Crippen molar-refractivity contribution in [3.05, 3.63) is 64.1 Å².